The molecular formula is C44H26N4. The molecule has 0 saturated carbocycles. The summed E-state index contributed by atoms with van der Waals surface area (Å²) < 4.78 is 0. The molecule has 10 rings (SSSR count). The fraction of sp³-hybridized carbons (Fsp3) is 0. The summed E-state index contributed by atoms with van der Waals surface area (Å²) in [6, 6.07) is 49.2. The zero-order chi connectivity index (χ0) is 31.6. The molecule has 4 heteroatoms. The highest BCUT2D eigenvalue weighted by Crippen LogP contribution is 2.43. The van der Waals surface area contributed by atoms with Gasteiger partial charge < -0.3 is 0 Å². The average Bonchev–Trinajstić information content (AvgIpc) is 3.17. The molecule has 0 radical (unpaired) electrons. The standard InChI is InChI=1S/C44H26N4/c1-3-14-34-31(12-1)32-13-2-4-15-35(32)41-40(34)37-16-5-6-17-39(37)48-42(41)29-10-7-9-28(25-29)30-19-21-38(47-26-30)33-22-24-46-44-36(33)20-18-27-11-8-23-45-43(27)44/h1-26H. The van der Waals surface area contributed by atoms with Crippen LogP contribution in [0.5, 0.6) is 0 Å². The summed E-state index contributed by atoms with van der Waals surface area (Å²) in [5.41, 5.74) is 8.93. The lowest BCUT2D eigenvalue weighted by molar-refractivity contribution is 1.32. The molecule has 0 aliphatic carbocycles. The number of nitrogens with zero attached hydrogens (tertiary/aromatic N) is 4. The number of rotatable bonds is 3. The number of hydrogen-bond donors (Lipinski definition) is 0. The predicted molar refractivity (Wildman–Crippen MR) is 199 cm³/mol. The van der Waals surface area contributed by atoms with E-state index in [1.807, 2.05) is 30.7 Å². The van der Waals surface area contributed by atoms with Crippen LogP contribution in [0.25, 0.3) is 98.7 Å². The molecule has 0 fully saturated rings. The van der Waals surface area contributed by atoms with Crippen molar-refractivity contribution in [3.63, 3.8) is 0 Å². The summed E-state index contributed by atoms with van der Waals surface area (Å²) in [5.74, 6) is 0. The first-order valence-electron chi connectivity index (χ1n) is 16.1. The van der Waals surface area contributed by atoms with Crippen molar-refractivity contribution in [1.29, 1.82) is 0 Å². The number of pyridine rings is 4. The van der Waals surface area contributed by atoms with E-state index in [1.165, 1.54) is 37.7 Å². The second kappa shape index (κ2) is 10.5. The van der Waals surface area contributed by atoms with Crippen molar-refractivity contribution in [2.75, 3.05) is 0 Å². The molecule has 0 aliphatic rings. The second-order valence-electron chi connectivity index (χ2n) is 12.2. The number of para-hydroxylation sites is 1. The van der Waals surface area contributed by atoms with Crippen molar-refractivity contribution in [2.45, 2.75) is 0 Å². The van der Waals surface area contributed by atoms with E-state index in [-0.39, 0.29) is 0 Å². The molecule has 4 nitrogen and oxygen atoms in total. The van der Waals surface area contributed by atoms with Crippen LogP contribution >= 0.6 is 0 Å². The van der Waals surface area contributed by atoms with Crippen LogP contribution in [-0.4, -0.2) is 19.9 Å². The number of hydrogen-bond acceptors (Lipinski definition) is 4. The third-order valence-electron chi connectivity index (χ3n) is 9.57. The Hall–Kier alpha value is -6.52. The van der Waals surface area contributed by atoms with Crippen LogP contribution in [0.2, 0.25) is 0 Å². The highest BCUT2D eigenvalue weighted by Gasteiger charge is 2.18. The zero-order valence-electron chi connectivity index (χ0n) is 25.8. The molecule has 0 saturated heterocycles. The van der Waals surface area contributed by atoms with E-state index in [2.05, 4.69) is 137 Å². The minimum absolute atomic E-state index is 0.889. The molecular weight excluding hydrogens is 585 g/mol. The summed E-state index contributed by atoms with van der Waals surface area (Å²) in [5, 5.41) is 10.7. The predicted octanol–water partition coefficient (Wildman–Crippen LogP) is 11.2. The summed E-state index contributed by atoms with van der Waals surface area (Å²) >= 11 is 0. The maximum Gasteiger partial charge on any atom is 0.0971 e. The van der Waals surface area contributed by atoms with Gasteiger partial charge in [-0.15, -0.1) is 0 Å². The Balaban J connectivity index is 1.14. The lowest BCUT2D eigenvalue weighted by Crippen LogP contribution is -1.93. The van der Waals surface area contributed by atoms with E-state index >= 15 is 0 Å². The van der Waals surface area contributed by atoms with Crippen molar-refractivity contribution in [2.24, 2.45) is 0 Å². The summed E-state index contributed by atoms with van der Waals surface area (Å²) in [6.07, 6.45) is 5.63. The van der Waals surface area contributed by atoms with Gasteiger partial charge in [-0.25, -0.2) is 4.98 Å². The van der Waals surface area contributed by atoms with E-state index in [4.69, 9.17) is 9.97 Å². The van der Waals surface area contributed by atoms with Crippen LogP contribution in [0.15, 0.2) is 158 Å². The second-order valence-corrected chi connectivity index (χ2v) is 12.2. The van der Waals surface area contributed by atoms with Gasteiger partial charge in [0, 0.05) is 62.2 Å². The van der Waals surface area contributed by atoms with Crippen LogP contribution in [0.4, 0.5) is 0 Å². The average molecular weight is 611 g/mol. The molecule has 0 amide bonds. The Morgan fingerprint density at radius 3 is 1.94 bits per heavy atom. The number of fused-ring (bicyclic) bond motifs is 11. The normalized spacial score (nSPS) is 11.8. The number of aromatic nitrogens is 4. The van der Waals surface area contributed by atoms with Gasteiger partial charge in [0.1, 0.15) is 0 Å². The molecule has 10 aromatic rings. The van der Waals surface area contributed by atoms with Gasteiger partial charge in [-0.1, -0.05) is 109 Å². The topological polar surface area (TPSA) is 51.6 Å². The molecule has 222 valence electrons. The van der Waals surface area contributed by atoms with Crippen LogP contribution in [0, 0.1) is 0 Å². The van der Waals surface area contributed by atoms with Crippen molar-refractivity contribution in [3.05, 3.63) is 158 Å². The molecule has 0 atom stereocenters. The van der Waals surface area contributed by atoms with Crippen molar-refractivity contribution < 1.29 is 0 Å². The molecule has 0 bridgehead atoms. The van der Waals surface area contributed by atoms with Gasteiger partial charge in [-0.05, 0) is 57.4 Å². The first-order valence-corrected chi connectivity index (χ1v) is 16.1. The minimum Gasteiger partial charge on any atom is -0.256 e. The fourth-order valence-corrected chi connectivity index (χ4v) is 7.38. The maximum absolute atomic E-state index is 5.34. The molecule has 6 aromatic carbocycles. The zero-order valence-corrected chi connectivity index (χ0v) is 25.8. The van der Waals surface area contributed by atoms with Gasteiger partial charge >= 0.3 is 0 Å². The molecule has 48 heavy (non-hydrogen) atoms. The van der Waals surface area contributed by atoms with Gasteiger partial charge in [0.05, 0.1) is 27.9 Å². The lowest BCUT2D eigenvalue weighted by atomic mass is 9.89. The van der Waals surface area contributed by atoms with Gasteiger partial charge in [0.15, 0.2) is 0 Å². The summed E-state index contributed by atoms with van der Waals surface area (Å²) in [6.45, 7) is 0. The molecule has 0 N–H and O–H groups in total. The van der Waals surface area contributed by atoms with E-state index < -0.39 is 0 Å². The first-order chi connectivity index (χ1) is 23.8. The van der Waals surface area contributed by atoms with Gasteiger partial charge in [-0.3, -0.25) is 15.0 Å². The van der Waals surface area contributed by atoms with Crippen LogP contribution < -0.4 is 0 Å². The summed E-state index contributed by atoms with van der Waals surface area (Å²) in [4.78, 5) is 19.6. The molecule has 0 aliphatic heterocycles. The van der Waals surface area contributed by atoms with Gasteiger partial charge in [0.2, 0.25) is 0 Å². The summed E-state index contributed by atoms with van der Waals surface area (Å²) in [7, 11) is 0. The van der Waals surface area contributed by atoms with E-state index in [9.17, 15) is 0 Å². The van der Waals surface area contributed by atoms with Crippen molar-refractivity contribution in [3.8, 4) is 33.6 Å². The Kier molecular flexibility index (Phi) is 5.84. The van der Waals surface area contributed by atoms with E-state index in [1.54, 1.807) is 0 Å². The van der Waals surface area contributed by atoms with E-state index in [0.29, 0.717) is 0 Å². The van der Waals surface area contributed by atoms with Crippen LogP contribution in [0.3, 0.4) is 0 Å². The molecule has 4 aromatic heterocycles. The van der Waals surface area contributed by atoms with Crippen LogP contribution in [0.1, 0.15) is 0 Å². The monoisotopic (exact) mass is 610 g/mol. The molecule has 4 heterocycles. The lowest BCUT2D eigenvalue weighted by Gasteiger charge is -2.16. The van der Waals surface area contributed by atoms with Gasteiger partial charge in [-0.2, -0.15) is 0 Å². The third-order valence-corrected chi connectivity index (χ3v) is 9.57. The quantitative estimate of drug-likeness (QED) is 0.187. The smallest absolute Gasteiger partial charge is 0.0971 e. The third kappa shape index (κ3) is 4.03. The minimum atomic E-state index is 0.889. The fourth-order valence-electron chi connectivity index (χ4n) is 7.38. The van der Waals surface area contributed by atoms with E-state index in [0.717, 1.165) is 61.0 Å². The Morgan fingerprint density at radius 2 is 1.12 bits per heavy atom. The highest BCUT2D eigenvalue weighted by atomic mass is 14.7. The SMILES string of the molecule is c1cc(-c2ccc(-c3ccnc4c3ccc3cccnc34)nc2)cc(-c2nc3ccccc3c3c4ccccc4c4ccccc4c23)c1. The number of benzene rings is 6. The Bertz CT molecular complexity index is 2890. The Labute approximate surface area is 276 Å². The molecule has 0 unspecified atom stereocenters. The van der Waals surface area contributed by atoms with Crippen LogP contribution in [-0.2, 0) is 0 Å². The van der Waals surface area contributed by atoms with Crippen molar-refractivity contribution >= 4 is 65.0 Å². The Morgan fingerprint density at radius 1 is 0.396 bits per heavy atom. The van der Waals surface area contributed by atoms with Gasteiger partial charge in [0.25, 0.3) is 0 Å². The maximum atomic E-state index is 5.34. The highest BCUT2D eigenvalue weighted by molar-refractivity contribution is 6.33. The molecule has 0 spiro atoms. The first kappa shape index (κ1) is 26.7. The van der Waals surface area contributed by atoms with Crippen molar-refractivity contribution in [1.82, 2.24) is 19.9 Å². The largest absolute Gasteiger partial charge is 0.256 e.